The molecule has 0 aliphatic rings. The minimum atomic E-state index is -0.275. The maximum Gasteiger partial charge on any atom is 0.139 e. The van der Waals surface area contributed by atoms with Gasteiger partial charge in [-0.15, -0.1) is 0 Å². The summed E-state index contributed by atoms with van der Waals surface area (Å²) in [7, 11) is 1.64. The zero-order valence-electron chi connectivity index (χ0n) is 10.8. The quantitative estimate of drug-likeness (QED) is 0.875. The minimum absolute atomic E-state index is 0.0654. The summed E-state index contributed by atoms with van der Waals surface area (Å²) in [5, 5.41) is 3.26. The van der Waals surface area contributed by atoms with Crippen molar-refractivity contribution in [2.45, 2.75) is 13.0 Å². The van der Waals surface area contributed by atoms with Crippen molar-refractivity contribution in [3.63, 3.8) is 0 Å². The summed E-state index contributed by atoms with van der Waals surface area (Å²) >= 11 is 3.14. The Kier molecular flexibility index (Phi) is 4.43. The van der Waals surface area contributed by atoms with Crippen LogP contribution in [-0.4, -0.2) is 7.11 Å². The maximum absolute atomic E-state index is 13.4. The molecule has 2 aromatic carbocycles. The summed E-state index contributed by atoms with van der Waals surface area (Å²) < 4.78 is 19.1. The first-order valence-corrected chi connectivity index (χ1v) is 6.75. The molecule has 100 valence electrons. The van der Waals surface area contributed by atoms with Crippen molar-refractivity contribution in [2.24, 2.45) is 0 Å². The molecule has 0 amide bonds. The van der Waals surface area contributed by atoms with Crippen LogP contribution >= 0.6 is 15.9 Å². The van der Waals surface area contributed by atoms with Crippen molar-refractivity contribution in [2.75, 3.05) is 12.4 Å². The third-order valence-electron chi connectivity index (χ3n) is 2.90. The molecule has 1 unspecified atom stereocenters. The van der Waals surface area contributed by atoms with Crippen LogP contribution in [0.4, 0.5) is 10.1 Å². The van der Waals surface area contributed by atoms with E-state index in [-0.39, 0.29) is 11.9 Å². The molecule has 0 spiro atoms. The zero-order valence-corrected chi connectivity index (χ0v) is 12.4. The van der Waals surface area contributed by atoms with Crippen molar-refractivity contribution in [1.29, 1.82) is 0 Å². The number of halogens is 2. The number of methoxy groups -OCH3 is 1. The average Bonchev–Trinajstić information content (AvgIpc) is 2.43. The van der Waals surface area contributed by atoms with Gasteiger partial charge in [-0.1, -0.05) is 12.1 Å². The van der Waals surface area contributed by atoms with Crippen LogP contribution in [0, 0.1) is 5.82 Å². The van der Waals surface area contributed by atoms with E-state index in [9.17, 15) is 4.39 Å². The molecule has 0 aliphatic heterocycles. The van der Waals surface area contributed by atoms with E-state index in [0.29, 0.717) is 4.47 Å². The zero-order chi connectivity index (χ0) is 13.8. The molecule has 1 N–H and O–H groups in total. The van der Waals surface area contributed by atoms with Crippen LogP contribution in [0.2, 0.25) is 0 Å². The summed E-state index contributed by atoms with van der Waals surface area (Å²) in [5.41, 5.74) is 1.83. The van der Waals surface area contributed by atoms with Gasteiger partial charge in [0.1, 0.15) is 11.6 Å². The standard InChI is InChI=1S/C15H15BrFNO/c1-10(11-4-3-5-13(8-11)19-2)18-12-6-7-14(16)15(17)9-12/h3-10,18H,1-2H3. The lowest BCUT2D eigenvalue weighted by atomic mass is 10.1. The van der Waals surface area contributed by atoms with Gasteiger partial charge in [-0.05, 0) is 58.7 Å². The summed E-state index contributed by atoms with van der Waals surface area (Å²) in [6, 6.07) is 12.9. The van der Waals surface area contributed by atoms with Crippen LogP contribution in [0.3, 0.4) is 0 Å². The molecule has 0 aliphatic carbocycles. The highest BCUT2D eigenvalue weighted by Gasteiger charge is 2.07. The van der Waals surface area contributed by atoms with E-state index in [1.807, 2.05) is 37.3 Å². The summed E-state index contributed by atoms with van der Waals surface area (Å²) in [4.78, 5) is 0. The highest BCUT2D eigenvalue weighted by atomic mass is 79.9. The van der Waals surface area contributed by atoms with Crippen LogP contribution in [0.25, 0.3) is 0 Å². The van der Waals surface area contributed by atoms with Crippen LogP contribution in [-0.2, 0) is 0 Å². The van der Waals surface area contributed by atoms with E-state index < -0.39 is 0 Å². The van der Waals surface area contributed by atoms with E-state index in [4.69, 9.17) is 4.74 Å². The topological polar surface area (TPSA) is 21.3 Å². The Labute approximate surface area is 120 Å². The predicted octanol–water partition coefficient (Wildman–Crippen LogP) is 4.77. The Bertz CT molecular complexity index is 574. The summed E-state index contributed by atoms with van der Waals surface area (Å²) in [5.74, 6) is 0.538. The molecule has 2 rings (SSSR count). The molecule has 0 bridgehead atoms. The van der Waals surface area contributed by atoms with E-state index >= 15 is 0 Å². The van der Waals surface area contributed by atoms with Gasteiger partial charge in [0, 0.05) is 11.7 Å². The molecule has 0 radical (unpaired) electrons. The van der Waals surface area contributed by atoms with Crippen LogP contribution in [0.1, 0.15) is 18.5 Å². The maximum atomic E-state index is 13.4. The fourth-order valence-electron chi connectivity index (χ4n) is 1.83. The fraction of sp³-hybridized carbons (Fsp3) is 0.200. The SMILES string of the molecule is COc1cccc(C(C)Nc2ccc(Br)c(F)c2)c1. The molecule has 1 atom stereocenters. The molecule has 0 fully saturated rings. The van der Waals surface area contributed by atoms with E-state index in [2.05, 4.69) is 21.2 Å². The van der Waals surface area contributed by atoms with E-state index in [1.165, 1.54) is 6.07 Å². The molecule has 4 heteroatoms. The summed E-state index contributed by atoms with van der Waals surface area (Å²) in [6.07, 6.45) is 0. The Balaban J connectivity index is 2.15. The van der Waals surface area contributed by atoms with E-state index in [0.717, 1.165) is 17.0 Å². The second kappa shape index (κ2) is 6.06. The third-order valence-corrected chi connectivity index (χ3v) is 3.54. The smallest absolute Gasteiger partial charge is 0.139 e. The Morgan fingerprint density at radius 1 is 1.21 bits per heavy atom. The third kappa shape index (κ3) is 3.47. The monoisotopic (exact) mass is 323 g/mol. The number of ether oxygens (including phenoxy) is 1. The molecule has 2 nitrogen and oxygen atoms in total. The lowest BCUT2D eigenvalue weighted by molar-refractivity contribution is 0.414. The van der Waals surface area contributed by atoms with Crippen molar-refractivity contribution < 1.29 is 9.13 Å². The van der Waals surface area contributed by atoms with Gasteiger partial charge in [0.25, 0.3) is 0 Å². The van der Waals surface area contributed by atoms with Crippen LogP contribution in [0.15, 0.2) is 46.9 Å². The van der Waals surface area contributed by atoms with Gasteiger partial charge in [-0.25, -0.2) is 4.39 Å². The average molecular weight is 324 g/mol. The normalized spacial score (nSPS) is 12.0. The molecule has 0 saturated carbocycles. The lowest BCUT2D eigenvalue weighted by Crippen LogP contribution is -2.06. The molecule has 0 heterocycles. The van der Waals surface area contributed by atoms with Gasteiger partial charge in [-0.2, -0.15) is 0 Å². The first-order chi connectivity index (χ1) is 9.10. The molecule has 0 saturated heterocycles. The largest absolute Gasteiger partial charge is 0.497 e. The van der Waals surface area contributed by atoms with Crippen LogP contribution in [0.5, 0.6) is 5.75 Å². The minimum Gasteiger partial charge on any atom is -0.497 e. The van der Waals surface area contributed by atoms with Gasteiger partial charge in [0.2, 0.25) is 0 Å². The Morgan fingerprint density at radius 3 is 2.68 bits per heavy atom. The number of rotatable bonds is 4. The molecule has 19 heavy (non-hydrogen) atoms. The Hall–Kier alpha value is -1.55. The second-order valence-corrected chi connectivity index (χ2v) is 5.13. The summed E-state index contributed by atoms with van der Waals surface area (Å²) in [6.45, 7) is 2.02. The Morgan fingerprint density at radius 2 is 2.00 bits per heavy atom. The second-order valence-electron chi connectivity index (χ2n) is 4.27. The van der Waals surface area contributed by atoms with Gasteiger partial charge in [0.05, 0.1) is 11.6 Å². The van der Waals surface area contributed by atoms with Gasteiger partial charge in [0.15, 0.2) is 0 Å². The molecule has 2 aromatic rings. The number of hydrogen-bond donors (Lipinski definition) is 1. The van der Waals surface area contributed by atoms with Crippen molar-refractivity contribution in [3.8, 4) is 5.75 Å². The number of benzene rings is 2. The highest BCUT2D eigenvalue weighted by Crippen LogP contribution is 2.25. The predicted molar refractivity (Wildman–Crippen MR) is 79.1 cm³/mol. The van der Waals surface area contributed by atoms with Crippen LogP contribution < -0.4 is 10.1 Å². The fourth-order valence-corrected chi connectivity index (χ4v) is 2.08. The first-order valence-electron chi connectivity index (χ1n) is 5.95. The first kappa shape index (κ1) is 13.9. The van der Waals surface area contributed by atoms with Crippen molar-refractivity contribution in [1.82, 2.24) is 0 Å². The molecular formula is C15H15BrFNO. The lowest BCUT2D eigenvalue weighted by Gasteiger charge is -2.16. The van der Waals surface area contributed by atoms with Gasteiger partial charge >= 0.3 is 0 Å². The number of anilines is 1. The number of nitrogens with one attached hydrogen (secondary N) is 1. The van der Waals surface area contributed by atoms with Gasteiger partial charge in [-0.3, -0.25) is 0 Å². The molecule has 0 aromatic heterocycles. The number of hydrogen-bond acceptors (Lipinski definition) is 2. The van der Waals surface area contributed by atoms with Crippen molar-refractivity contribution >= 4 is 21.6 Å². The van der Waals surface area contributed by atoms with Gasteiger partial charge < -0.3 is 10.1 Å². The highest BCUT2D eigenvalue weighted by molar-refractivity contribution is 9.10. The van der Waals surface area contributed by atoms with E-state index in [1.54, 1.807) is 13.2 Å². The molecular weight excluding hydrogens is 309 g/mol. The van der Waals surface area contributed by atoms with Crippen molar-refractivity contribution in [3.05, 3.63) is 58.3 Å².